The zero-order valence-electron chi connectivity index (χ0n) is 9.86. The molecule has 0 saturated carbocycles. The molecule has 0 fully saturated rings. The van der Waals surface area contributed by atoms with Gasteiger partial charge in [0.15, 0.2) is 11.6 Å². The molecule has 2 nitrogen and oxygen atoms in total. The summed E-state index contributed by atoms with van der Waals surface area (Å²) in [6, 6.07) is 9.70. The number of hydrogen-bond acceptors (Lipinski definition) is 2. The highest BCUT2D eigenvalue weighted by molar-refractivity contribution is 5.35. The normalized spacial score (nSPS) is 12.2. The fourth-order valence-corrected chi connectivity index (χ4v) is 1.51. The quantitative estimate of drug-likeness (QED) is 0.898. The number of hydrogen-bond donors (Lipinski definition) is 1. The zero-order chi connectivity index (χ0) is 13.1. The third-order valence-electron chi connectivity index (χ3n) is 2.52. The van der Waals surface area contributed by atoms with Gasteiger partial charge in [-0.2, -0.15) is 0 Å². The van der Waals surface area contributed by atoms with Gasteiger partial charge in [0.1, 0.15) is 11.6 Å². The van der Waals surface area contributed by atoms with Gasteiger partial charge in [-0.3, -0.25) is 0 Å². The van der Waals surface area contributed by atoms with E-state index < -0.39 is 5.82 Å². The lowest BCUT2D eigenvalue weighted by Crippen LogP contribution is -2.05. The Bertz CT molecular complexity index is 538. The van der Waals surface area contributed by atoms with E-state index in [1.54, 1.807) is 13.0 Å². The fraction of sp³-hybridized carbons (Fsp3) is 0.143. The summed E-state index contributed by atoms with van der Waals surface area (Å²) in [5.41, 5.74) is 6.35. The number of rotatable bonds is 3. The van der Waals surface area contributed by atoms with Crippen LogP contribution in [0, 0.1) is 11.6 Å². The van der Waals surface area contributed by atoms with Gasteiger partial charge in [-0.1, -0.05) is 6.07 Å². The molecule has 0 unspecified atom stereocenters. The van der Waals surface area contributed by atoms with Gasteiger partial charge in [-0.25, -0.2) is 8.78 Å². The summed E-state index contributed by atoms with van der Waals surface area (Å²) in [5.74, 6) is -0.390. The monoisotopic (exact) mass is 249 g/mol. The standard InChI is InChI=1S/C14H13F2NO/c1-9(17)10-2-7-14(13(16)8-10)18-12-5-3-11(15)4-6-12/h2-9H,17H2,1H3/t9-/m1/s1. The van der Waals surface area contributed by atoms with Crippen molar-refractivity contribution in [2.45, 2.75) is 13.0 Å². The molecule has 0 bridgehead atoms. The van der Waals surface area contributed by atoms with Crippen LogP contribution >= 0.6 is 0 Å². The second kappa shape index (κ2) is 5.14. The highest BCUT2D eigenvalue weighted by atomic mass is 19.1. The maximum Gasteiger partial charge on any atom is 0.166 e. The minimum Gasteiger partial charge on any atom is -0.454 e. The molecule has 0 aromatic heterocycles. The average molecular weight is 249 g/mol. The summed E-state index contributed by atoms with van der Waals surface area (Å²) < 4.78 is 31.7. The van der Waals surface area contributed by atoms with Crippen molar-refractivity contribution in [1.29, 1.82) is 0 Å². The molecular formula is C14H13F2NO. The zero-order valence-corrected chi connectivity index (χ0v) is 9.86. The number of halogens is 2. The Morgan fingerprint density at radius 1 is 1.06 bits per heavy atom. The summed E-state index contributed by atoms with van der Waals surface area (Å²) in [4.78, 5) is 0. The van der Waals surface area contributed by atoms with Crippen molar-refractivity contribution in [1.82, 2.24) is 0 Å². The van der Waals surface area contributed by atoms with Gasteiger partial charge in [0, 0.05) is 6.04 Å². The predicted octanol–water partition coefficient (Wildman–Crippen LogP) is 3.78. The van der Waals surface area contributed by atoms with Gasteiger partial charge >= 0.3 is 0 Å². The van der Waals surface area contributed by atoms with E-state index in [1.807, 2.05) is 0 Å². The van der Waals surface area contributed by atoms with Gasteiger partial charge in [0.05, 0.1) is 0 Å². The molecule has 18 heavy (non-hydrogen) atoms. The van der Waals surface area contributed by atoms with Crippen LogP contribution in [0.25, 0.3) is 0 Å². The Morgan fingerprint density at radius 2 is 1.72 bits per heavy atom. The van der Waals surface area contributed by atoms with E-state index in [9.17, 15) is 8.78 Å². The summed E-state index contributed by atoms with van der Waals surface area (Å²) >= 11 is 0. The molecule has 0 radical (unpaired) electrons. The van der Waals surface area contributed by atoms with Crippen molar-refractivity contribution in [3.05, 3.63) is 59.7 Å². The smallest absolute Gasteiger partial charge is 0.166 e. The molecule has 1 atom stereocenters. The van der Waals surface area contributed by atoms with Crippen LogP contribution in [0.4, 0.5) is 8.78 Å². The van der Waals surface area contributed by atoms with Crippen LogP contribution in [-0.2, 0) is 0 Å². The largest absolute Gasteiger partial charge is 0.454 e. The lowest BCUT2D eigenvalue weighted by Gasteiger charge is -2.10. The van der Waals surface area contributed by atoms with E-state index in [4.69, 9.17) is 10.5 Å². The number of nitrogens with two attached hydrogens (primary N) is 1. The lowest BCUT2D eigenvalue weighted by molar-refractivity contribution is 0.440. The SMILES string of the molecule is C[C@@H](N)c1ccc(Oc2ccc(F)cc2)c(F)c1. The van der Waals surface area contributed by atoms with Gasteiger partial charge < -0.3 is 10.5 Å². The molecule has 2 N–H and O–H groups in total. The first-order valence-corrected chi connectivity index (χ1v) is 5.54. The topological polar surface area (TPSA) is 35.2 Å². The first-order chi connectivity index (χ1) is 8.56. The lowest BCUT2D eigenvalue weighted by atomic mass is 10.1. The average Bonchev–Trinajstić information content (AvgIpc) is 2.34. The van der Waals surface area contributed by atoms with Crippen molar-refractivity contribution in [2.24, 2.45) is 5.73 Å². The first-order valence-electron chi connectivity index (χ1n) is 5.54. The van der Waals surface area contributed by atoms with Gasteiger partial charge in [-0.05, 0) is 48.9 Å². The molecule has 94 valence electrons. The van der Waals surface area contributed by atoms with Crippen LogP contribution < -0.4 is 10.5 Å². The Hall–Kier alpha value is -1.94. The van der Waals surface area contributed by atoms with Crippen LogP contribution in [0.1, 0.15) is 18.5 Å². The maximum absolute atomic E-state index is 13.7. The van der Waals surface area contributed by atoms with Gasteiger partial charge in [-0.15, -0.1) is 0 Å². The van der Waals surface area contributed by atoms with Crippen LogP contribution in [-0.4, -0.2) is 0 Å². The maximum atomic E-state index is 13.7. The molecule has 2 aromatic carbocycles. The molecule has 0 amide bonds. The first kappa shape index (κ1) is 12.5. The molecule has 0 aliphatic carbocycles. The van der Waals surface area contributed by atoms with E-state index in [1.165, 1.54) is 36.4 Å². The molecule has 0 aliphatic heterocycles. The predicted molar refractivity (Wildman–Crippen MR) is 65.5 cm³/mol. The van der Waals surface area contributed by atoms with Crippen molar-refractivity contribution in [2.75, 3.05) is 0 Å². The van der Waals surface area contributed by atoms with Gasteiger partial charge in [0.25, 0.3) is 0 Å². The second-order valence-electron chi connectivity index (χ2n) is 4.03. The van der Waals surface area contributed by atoms with Gasteiger partial charge in [0.2, 0.25) is 0 Å². The van der Waals surface area contributed by atoms with Crippen LogP contribution in [0.15, 0.2) is 42.5 Å². The van der Waals surface area contributed by atoms with Crippen molar-refractivity contribution < 1.29 is 13.5 Å². The second-order valence-corrected chi connectivity index (χ2v) is 4.03. The van der Waals surface area contributed by atoms with E-state index in [0.29, 0.717) is 11.3 Å². The van der Waals surface area contributed by atoms with E-state index in [2.05, 4.69) is 0 Å². The molecule has 4 heteroatoms. The van der Waals surface area contributed by atoms with E-state index in [-0.39, 0.29) is 17.6 Å². The third kappa shape index (κ3) is 2.84. The molecule has 0 saturated heterocycles. The number of ether oxygens (including phenoxy) is 1. The van der Waals surface area contributed by atoms with Crippen LogP contribution in [0.5, 0.6) is 11.5 Å². The van der Waals surface area contributed by atoms with E-state index in [0.717, 1.165) is 0 Å². The molecule has 0 aliphatic rings. The summed E-state index contributed by atoms with van der Waals surface area (Å²) in [6.45, 7) is 1.77. The minimum absolute atomic E-state index is 0.0889. The summed E-state index contributed by atoms with van der Waals surface area (Å²) in [5, 5.41) is 0. The Kier molecular flexibility index (Phi) is 3.58. The molecular weight excluding hydrogens is 236 g/mol. The Morgan fingerprint density at radius 3 is 2.28 bits per heavy atom. The number of benzene rings is 2. The van der Waals surface area contributed by atoms with Crippen molar-refractivity contribution >= 4 is 0 Å². The highest BCUT2D eigenvalue weighted by Gasteiger charge is 2.08. The molecule has 0 heterocycles. The summed E-state index contributed by atoms with van der Waals surface area (Å²) in [6.07, 6.45) is 0. The van der Waals surface area contributed by atoms with E-state index >= 15 is 0 Å². The Labute approximate surface area is 104 Å². The van der Waals surface area contributed by atoms with Crippen molar-refractivity contribution in [3.63, 3.8) is 0 Å². The molecule has 2 rings (SSSR count). The molecule has 2 aromatic rings. The molecule has 0 spiro atoms. The highest BCUT2D eigenvalue weighted by Crippen LogP contribution is 2.26. The third-order valence-corrected chi connectivity index (χ3v) is 2.52. The summed E-state index contributed by atoms with van der Waals surface area (Å²) in [7, 11) is 0. The van der Waals surface area contributed by atoms with Crippen molar-refractivity contribution in [3.8, 4) is 11.5 Å². The van der Waals surface area contributed by atoms with Crippen LogP contribution in [0.2, 0.25) is 0 Å². The minimum atomic E-state index is -0.492. The fourth-order valence-electron chi connectivity index (χ4n) is 1.51. The van der Waals surface area contributed by atoms with Crippen LogP contribution in [0.3, 0.4) is 0 Å². The Balaban J connectivity index is 2.22.